The van der Waals surface area contributed by atoms with Crippen LogP contribution in [-0.2, 0) is 9.59 Å². The van der Waals surface area contributed by atoms with E-state index < -0.39 is 5.41 Å². The number of piperazine rings is 1. The summed E-state index contributed by atoms with van der Waals surface area (Å²) in [6.07, 6.45) is 5.34. The summed E-state index contributed by atoms with van der Waals surface area (Å²) < 4.78 is 6.03. The first-order valence-corrected chi connectivity index (χ1v) is 12.4. The Labute approximate surface area is 192 Å². The van der Waals surface area contributed by atoms with Crippen LogP contribution in [-0.4, -0.2) is 66.0 Å². The quantitative estimate of drug-likeness (QED) is 0.645. The van der Waals surface area contributed by atoms with Crippen LogP contribution in [0.3, 0.4) is 0 Å². The highest BCUT2D eigenvalue weighted by atomic mass is 16.5. The van der Waals surface area contributed by atoms with E-state index in [4.69, 9.17) is 4.74 Å². The Balaban J connectivity index is 1.31. The van der Waals surface area contributed by atoms with Gasteiger partial charge >= 0.3 is 0 Å². The fourth-order valence-corrected chi connectivity index (χ4v) is 5.54. The topological polar surface area (TPSA) is 53.1 Å². The Bertz CT molecular complexity index is 821. The molecule has 6 nitrogen and oxygen atoms in total. The number of likely N-dealkylation sites (tertiary alicyclic amines) is 1. The van der Waals surface area contributed by atoms with Gasteiger partial charge in [0.25, 0.3) is 0 Å². The van der Waals surface area contributed by atoms with Gasteiger partial charge in [-0.25, -0.2) is 0 Å². The molecule has 32 heavy (non-hydrogen) atoms. The van der Waals surface area contributed by atoms with E-state index in [0.717, 1.165) is 57.6 Å². The lowest BCUT2D eigenvalue weighted by atomic mass is 9.80. The molecular formula is C26H39N3O3. The molecule has 0 aromatic heterocycles. The maximum atomic E-state index is 12.9. The van der Waals surface area contributed by atoms with E-state index in [9.17, 15) is 9.59 Å². The molecule has 1 aliphatic carbocycles. The summed E-state index contributed by atoms with van der Waals surface area (Å²) in [6, 6.07) is 8.99. The highest BCUT2D eigenvalue weighted by molar-refractivity contribution is 6.00. The number of amides is 2. The van der Waals surface area contributed by atoms with Crippen LogP contribution in [0.25, 0.3) is 0 Å². The second kappa shape index (κ2) is 9.42. The third-order valence-corrected chi connectivity index (χ3v) is 7.46. The number of benzene rings is 1. The molecular weight excluding hydrogens is 402 g/mol. The Morgan fingerprint density at radius 1 is 0.938 bits per heavy atom. The molecule has 0 unspecified atom stereocenters. The lowest BCUT2D eigenvalue weighted by molar-refractivity contribution is -0.160. The summed E-state index contributed by atoms with van der Waals surface area (Å²) in [5.74, 6) is 1.04. The standard InChI is InChI=1S/C26H39N3O3/c1-19(2)32-23-8-6-5-7-22(23)28-17-15-27(16-18-28)20-9-11-21(12-10-20)29-24(30)13-14-26(3,4)25(29)31/h5-8,19-21H,9-18H2,1-4H3. The highest BCUT2D eigenvalue weighted by Gasteiger charge is 2.44. The monoisotopic (exact) mass is 441 g/mol. The maximum absolute atomic E-state index is 12.9. The number of carbonyl (C=O) groups is 2. The fourth-order valence-electron chi connectivity index (χ4n) is 5.54. The van der Waals surface area contributed by atoms with Crippen molar-refractivity contribution in [2.24, 2.45) is 5.41 Å². The van der Waals surface area contributed by atoms with Crippen molar-refractivity contribution < 1.29 is 14.3 Å². The van der Waals surface area contributed by atoms with Gasteiger partial charge in [-0.2, -0.15) is 0 Å². The van der Waals surface area contributed by atoms with E-state index in [-0.39, 0.29) is 24.0 Å². The van der Waals surface area contributed by atoms with Crippen molar-refractivity contribution in [2.75, 3.05) is 31.1 Å². The van der Waals surface area contributed by atoms with E-state index in [2.05, 4.69) is 41.8 Å². The minimum absolute atomic E-state index is 0.0353. The minimum atomic E-state index is -0.406. The summed E-state index contributed by atoms with van der Waals surface area (Å²) in [5, 5.41) is 0. The molecule has 3 aliphatic rings. The first kappa shape index (κ1) is 23.1. The zero-order valence-electron chi connectivity index (χ0n) is 20.2. The molecule has 0 radical (unpaired) electrons. The third kappa shape index (κ3) is 4.80. The van der Waals surface area contributed by atoms with Crippen molar-refractivity contribution in [3.05, 3.63) is 24.3 Å². The molecule has 176 valence electrons. The Morgan fingerprint density at radius 3 is 2.22 bits per heavy atom. The predicted molar refractivity (Wildman–Crippen MR) is 127 cm³/mol. The summed E-state index contributed by atoms with van der Waals surface area (Å²) in [5.41, 5.74) is 0.783. The van der Waals surface area contributed by atoms with Gasteiger partial charge in [-0.15, -0.1) is 0 Å². The van der Waals surface area contributed by atoms with Gasteiger partial charge in [0.05, 0.1) is 11.8 Å². The zero-order valence-corrected chi connectivity index (χ0v) is 20.2. The van der Waals surface area contributed by atoms with Crippen LogP contribution in [0, 0.1) is 5.41 Å². The smallest absolute Gasteiger partial charge is 0.235 e. The van der Waals surface area contributed by atoms with Gasteiger partial charge in [0, 0.05) is 50.1 Å². The highest BCUT2D eigenvalue weighted by Crippen LogP contribution is 2.36. The van der Waals surface area contributed by atoms with Gasteiger partial charge in [0.15, 0.2) is 0 Å². The van der Waals surface area contributed by atoms with E-state index in [0.29, 0.717) is 18.9 Å². The van der Waals surface area contributed by atoms with Crippen LogP contribution in [0.4, 0.5) is 5.69 Å². The van der Waals surface area contributed by atoms with Crippen molar-refractivity contribution >= 4 is 17.5 Å². The lowest BCUT2D eigenvalue weighted by Gasteiger charge is -2.46. The van der Waals surface area contributed by atoms with Gasteiger partial charge < -0.3 is 9.64 Å². The molecule has 6 heteroatoms. The molecule has 1 aromatic rings. The van der Waals surface area contributed by atoms with E-state index in [1.807, 2.05) is 19.9 Å². The summed E-state index contributed by atoms with van der Waals surface area (Å²) in [6.45, 7) is 12.2. The molecule has 2 saturated heterocycles. The molecule has 2 amide bonds. The molecule has 4 rings (SSSR count). The van der Waals surface area contributed by atoms with E-state index in [1.54, 1.807) is 4.90 Å². The van der Waals surface area contributed by atoms with Crippen LogP contribution < -0.4 is 9.64 Å². The third-order valence-electron chi connectivity index (χ3n) is 7.46. The first-order valence-electron chi connectivity index (χ1n) is 12.4. The van der Waals surface area contributed by atoms with Crippen LogP contribution in [0.5, 0.6) is 5.75 Å². The number of ether oxygens (including phenoxy) is 1. The SMILES string of the molecule is CC(C)Oc1ccccc1N1CCN(C2CCC(N3C(=O)CCC(C)(C)C3=O)CC2)CC1. The normalized spacial score (nSPS) is 27.2. The van der Waals surface area contributed by atoms with Crippen molar-refractivity contribution in [3.8, 4) is 5.75 Å². The van der Waals surface area contributed by atoms with Crippen LogP contribution in [0.15, 0.2) is 24.3 Å². The molecule has 0 spiro atoms. The Hall–Kier alpha value is -2.08. The van der Waals surface area contributed by atoms with Gasteiger partial charge in [0.1, 0.15) is 5.75 Å². The summed E-state index contributed by atoms with van der Waals surface area (Å²) in [4.78, 5) is 32.1. The number of anilines is 1. The zero-order chi connectivity index (χ0) is 22.9. The number of hydrogen-bond donors (Lipinski definition) is 0. The van der Waals surface area contributed by atoms with Gasteiger partial charge in [-0.1, -0.05) is 26.0 Å². The number of imide groups is 1. The van der Waals surface area contributed by atoms with Crippen molar-refractivity contribution in [2.45, 2.75) is 84.4 Å². The molecule has 0 N–H and O–H groups in total. The van der Waals surface area contributed by atoms with E-state index in [1.165, 1.54) is 5.69 Å². The van der Waals surface area contributed by atoms with E-state index >= 15 is 0 Å². The second-order valence-electron chi connectivity index (χ2n) is 10.6. The number of para-hydroxylation sites is 2. The number of carbonyl (C=O) groups excluding carboxylic acids is 2. The molecule has 0 atom stereocenters. The summed E-state index contributed by atoms with van der Waals surface area (Å²) >= 11 is 0. The molecule has 3 fully saturated rings. The second-order valence-corrected chi connectivity index (χ2v) is 10.6. The molecule has 1 aromatic carbocycles. The molecule has 1 saturated carbocycles. The van der Waals surface area contributed by atoms with Crippen LogP contribution in [0.2, 0.25) is 0 Å². The summed E-state index contributed by atoms with van der Waals surface area (Å²) in [7, 11) is 0. The maximum Gasteiger partial charge on any atom is 0.235 e. The Morgan fingerprint density at radius 2 is 1.56 bits per heavy atom. The van der Waals surface area contributed by atoms with Crippen LogP contribution in [0.1, 0.15) is 66.2 Å². The lowest BCUT2D eigenvalue weighted by Crippen LogP contribution is -2.56. The molecule has 0 bridgehead atoms. The van der Waals surface area contributed by atoms with Crippen molar-refractivity contribution in [3.63, 3.8) is 0 Å². The van der Waals surface area contributed by atoms with Gasteiger partial charge in [0.2, 0.25) is 11.8 Å². The predicted octanol–water partition coefficient (Wildman–Crippen LogP) is 4.08. The Kier molecular flexibility index (Phi) is 6.80. The number of hydrogen-bond acceptors (Lipinski definition) is 5. The minimum Gasteiger partial charge on any atom is -0.489 e. The average Bonchev–Trinajstić information content (AvgIpc) is 2.78. The molecule has 2 aliphatic heterocycles. The van der Waals surface area contributed by atoms with Crippen molar-refractivity contribution in [1.29, 1.82) is 0 Å². The first-order chi connectivity index (χ1) is 15.3. The fraction of sp³-hybridized carbons (Fsp3) is 0.692. The van der Waals surface area contributed by atoms with Crippen LogP contribution >= 0.6 is 0 Å². The largest absolute Gasteiger partial charge is 0.489 e. The van der Waals surface area contributed by atoms with Gasteiger partial charge in [-0.3, -0.25) is 19.4 Å². The number of rotatable bonds is 5. The average molecular weight is 442 g/mol. The van der Waals surface area contributed by atoms with Gasteiger partial charge in [-0.05, 0) is 58.1 Å². The molecule has 2 heterocycles. The number of nitrogens with zero attached hydrogens (tertiary/aromatic N) is 3. The van der Waals surface area contributed by atoms with Crippen molar-refractivity contribution in [1.82, 2.24) is 9.80 Å². The number of piperidine rings is 1.